The molecule has 2 N–H and O–H groups in total. The number of carboxylic acids is 1. The molecule has 0 spiro atoms. The lowest BCUT2D eigenvalue weighted by Gasteiger charge is -2.51. The number of aliphatic carboxylic acids is 1. The van der Waals surface area contributed by atoms with Crippen LogP contribution in [-0.2, 0) is 14.3 Å². The van der Waals surface area contributed by atoms with Gasteiger partial charge in [0.1, 0.15) is 0 Å². The van der Waals surface area contributed by atoms with E-state index < -0.39 is 5.97 Å². The third-order valence-corrected chi connectivity index (χ3v) is 3.36. The minimum Gasteiger partial charge on any atom is -0.481 e. The van der Waals surface area contributed by atoms with Gasteiger partial charge in [-0.05, 0) is 6.42 Å². The summed E-state index contributed by atoms with van der Waals surface area (Å²) in [7, 11) is 1.66. The lowest BCUT2D eigenvalue weighted by molar-refractivity contribution is -0.140. The van der Waals surface area contributed by atoms with Crippen LogP contribution >= 0.6 is 0 Å². The van der Waals surface area contributed by atoms with Crippen molar-refractivity contribution in [3.63, 3.8) is 0 Å². The van der Waals surface area contributed by atoms with Crippen molar-refractivity contribution in [2.24, 2.45) is 5.41 Å². The van der Waals surface area contributed by atoms with Crippen LogP contribution in [0.4, 0.5) is 0 Å². The van der Waals surface area contributed by atoms with Crippen molar-refractivity contribution in [1.29, 1.82) is 0 Å². The molecule has 92 valence electrons. The summed E-state index contributed by atoms with van der Waals surface area (Å²) in [5, 5.41) is 11.3. The lowest BCUT2D eigenvalue weighted by atomic mass is 9.64. The highest BCUT2D eigenvalue weighted by molar-refractivity contribution is 5.80. The van der Waals surface area contributed by atoms with Crippen LogP contribution in [0.2, 0.25) is 0 Å². The second kappa shape index (κ2) is 4.82. The van der Waals surface area contributed by atoms with Crippen LogP contribution in [0, 0.1) is 5.41 Å². The van der Waals surface area contributed by atoms with E-state index in [2.05, 4.69) is 5.32 Å². The van der Waals surface area contributed by atoms with Crippen LogP contribution in [0.5, 0.6) is 0 Å². The molecule has 0 aliphatic heterocycles. The number of hydrogen-bond acceptors (Lipinski definition) is 3. The Labute approximate surface area is 95.2 Å². The van der Waals surface area contributed by atoms with Crippen molar-refractivity contribution in [3.05, 3.63) is 0 Å². The number of methoxy groups -OCH3 is 1. The van der Waals surface area contributed by atoms with Crippen LogP contribution in [0.25, 0.3) is 0 Å². The average Bonchev–Trinajstić information content (AvgIpc) is 2.20. The van der Waals surface area contributed by atoms with Crippen molar-refractivity contribution in [3.8, 4) is 0 Å². The molecule has 1 aliphatic carbocycles. The van der Waals surface area contributed by atoms with Gasteiger partial charge in [-0.25, -0.2) is 0 Å². The largest absolute Gasteiger partial charge is 0.481 e. The molecule has 0 aromatic carbocycles. The summed E-state index contributed by atoms with van der Waals surface area (Å²) >= 11 is 0. The van der Waals surface area contributed by atoms with E-state index in [1.54, 1.807) is 7.11 Å². The quantitative estimate of drug-likeness (QED) is 0.730. The van der Waals surface area contributed by atoms with Crippen molar-refractivity contribution >= 4 is 11.9 Å². The summed E-state index contributed by atoms with van der Waals surface area (Å²) in [4.78, 5) is 21.7. The maximum atomic E-state index is 11.4. The Morgan fingerprint density at radius 2 is 2.06 bits per heavy atom. The lowest BCUT2D eigenvalue weighted by Crippen LogP contribution is -2.61. The maximum absolute atomic E-state index is 11.4. The Bertz CT molecular complexity index is 288. The van der Waals surface area contributed by atoms with Crippen molar-refractivity contribution in [2.75, 3.05) is 7.11 Å². The summed E-state index contributed by atoms with van der Waals surface area (Å²) in [6.45, 7) is 4.07. The first-order valence-electron chi connectivity index (χ1n) is 5.42. The molecule has 2 atom stereocenters. The second-order valence-electron chi connectivity index (χ2n) is 4.80. The van der Waals surface area contributed by atoms with Crippen molar-refractivity contribution in [2.45, 2.75) is 45.3 Å². The number of ether oxygens (including phenoxy) is 1. The number of amides is 1. The fraction of sp³-hybridized carbons (Fsp3) is 0.818. The number of carboxylic acid groups (broad SMARTS) is 1. The number of carbonyl (C=O) groups is 2. The van der Waals surface area contributed by atoms with Gasteiger partial charge in [-0.15, -0.1) is 0 Å². The van der Waals surface area contributed by atoms with E-state index in [-0.39, 0.29) is 36.3 Å². The van der Waals surface area contributed by atoms with Gasteiger partial charge in [-0.2, -0.15) is 0 Å². The first-order chi connectivity index (χ1) is 7.37. The van der Waals surface area contributed by atoms with Crippen LogP contribution in [0.1, 0.15) is 33.1 Å². The molecule has 0 aromatic rings. The number of nitrogens with one attached hydrogen (secondary N) is 1. The normalized spacial score (nSPS) is 26.9. The van der Waals surface area contributed by atoms with Gasteiger partial charge >= 0.3 is 5.97 Å². The van der Waals surface area contributed by atoms with Crippen molar-refractivity contribution < 1.29 is 19.4 Å². The highest BCUT2D eigenvalue weighted by Gasteiger charge is 2.49. The standard InChI is InChI=1S/C11H19NO4/c1-11(2)7(6-8(11)16-3)12-9(13)4-5-10(14)15/h7-8H,4-6H2,1-3H3,(H,12,13)(H,14,15). The molecule has 1 fully saturated rings. The van der Waals surface area contributed by atoms with Gasteiger partial charge in [0, 0.05) is 25.0 Å². The van der Waals surface area contributed by atoms with Crippen LogP contribution in [0.3, 0.4) is 0 Å². The van der Waals surface area contributed by atoms with E-state index in [9.17, 15) is 9.59 Å². The monoisotopic (exact) mass is 229 g/mol. The highest BCUT2D eigenvalue weighted by Crippen LogP contribution is 2.42. The fourth-order valence-electron chi connectivity index (χ4n) is 2.02. The van der Waals surface area contributed by atoms with E-state index >= 15 is 0 Å². The highest BCUT2D eigenvalue weighted by atomic mass is 16.5. The molecule has 1 amide bonds. The van der Waals surface area contributed by atoms with Gasteiger partial charge in [-0.3, -0.25) is 9.59 Å². The Morgan fingerprint density at radius 1 is 1.44 bits per heavy atom. The van der Waals surface area contributed by atoms with Gasteiger partial charge in [-0.1, -0.05) is 13.8 Å². The second-order valence-corrected chi connectivity index (χ2v) is 4.80. The summed E-state index contributed by atoms with van der Waals surface area (Å²) in [5.74, 6) is -1.15. The van der Waals surface area contributed by atoms with E-state index in [0.717, 1.165) is 6.42 Å². The zero-order valence-corrected chi connectivity index (χ0v) is 9.95. The van der Waals surface area contributed by atoms with Crippen LogP contribution < -0.4 is 5.32 Å². The molecule has 0 saturated heterocycles. The third-order valence-electron chi connectivity index (χ3n) is 3.36. The molecule has 1 aliphatic rings. The predicted octanol–water partition coefficient (Wildman–Crippen LogP) is 0.781. The minimum absolute atomic E-state index is 0.0412. The molecule has 1 saturated carbocycles. The Kier molecular flexibility index (Phi) is 3.91. The molecule has 5 heteroatoms. The molecule has 5 nitrogen and oxygen atoms in total. The van der Waals surface area contributed by atoms with Gasteiger partial charge < -0.3 is 15.2 Å². The third kappa shape index (κ3) is 2.72. The fourth-order valence-corrected chi connectivity index (χ4v) is 2.02. The van der Waals surface area contributed by atoms with E-state index in [4.69, 9.17) is 9.84 Å². The topological polar surface area (TPSA) is 75.6 Å². The molecular weight excluding hydrogens is 210 g/mol. The molecule has 16 heavy (non-hydrogen) atoms. The Hall–Kier alpha value is -1.10. The minimum atomic E-state index is -0.946. The number of hydrogen-bond donors (Lipinski definition) is 2. The van der Waals surface area contributed by atoms with Gasteiger partial charge in [0.25, 0.3) is 0 Å². The molecule has 0 radical (unpaired) electrons. The summed E-state index contributed by atoms with van der Waals surface area (Å²) in [6, 6.07) is 0.0822. The molecule has 2 unspecified atom stereocenters. The smallest absolute Gasteiger partial charge is 0.303 e. The van der Waals surface area contributed by atoms with E-state index in [0.29, 0.717) is 0 Å². The van der Waals surface area contributed by atoms with E-state index in [1.807, 2.05) is 13.8 Å². The molecule has 0 heterocycles. The van der Waals surface area contributed by atoms with Crippen LogP contribution in [0.15, 0.2) is 0 Å². The molecule has 0 aromatic heterocycles. The van der Waals surface area contributed by atoms with Crippen LogP contribution in [-0.4, -0.2) is 36.2 Å². The predicted molar refractivity (Wildman–Crippen MR) is 58.0 cm³/mol. The average molecular weight is 229 g/mol. The van der Waals surface area contributed by atoms with Gasteiger partial charge in [0.2, 0.25) is 5.91 Å². The molecular formula is C11H19NO4. The SMILES string of the molecule is COC1CC(NC(=O)CCC(=O)O)C1(C)C. The molecule has 0 bridgehead atoms. The van der Waals surface area contributed by atoms with Gasteiger partial charge in [0.05, 0.1) is 12.5 Å². The summed E-state index contributed by atoms with van der Waals surface area (Å²) in [6.07, 6.45) is 0.881. The van der Waals surface area contributed by atoms with E-state index in [1.165, 1.54) is 0 Å². The Morgan fingerprint density at radius 3 is 2.50 bits per heavy atom. The number of rotatable bonds is 5. The van der Waals surface area contributed by atoms with Crippen molar-refractivity contribution in [1.82, 2.24) is 5.32 Å². The zero-order chi connectivity index (χ0) is 12.3. The first-order valence-corrected chi connectivity index (χ1v) is 5.42. The molecule has 1 rings (SSSR count). The summed E-state index contributed by atoms with van der Waals surface area (Å²) in [5.41, 5.74) is -0.0758. The first kappa shape index (κ1) is 13.0. The number of carbonyl (C=O) groups excluding carboxylic acids is 1. The maximum Gasteiger partial charge on any atom is 0.303 e. The Balaban J connectivity index is 2.34. The van der Waals surface area contributed by atoms with Gasteiger partial charge in [0.15, 0.2) is 0 Å². The summed E-state index contributed by atoms with van der Waals surface area (Å²) < 4.78 is 5.27. The zero-order valence-electron chi connectivity index (χ0n) is 9.95.